The number of nitrogens with zero attached hydrogens (tertiary/aromatic N) is 1. The van der Waals surface area contributed by atoms with Crippen LogP contribution in [-0.4, -0.2) is 23.2 Å². The first-order valence-electron chi connectivity index (χ1n) is 4.36. The first-order chi connectivity index (χ1) is 7.19. The molecule has 0 radical (unpaired) electrons. The van der Waals surface area contributed by atoms with Crippen molar-refractivity contribution in [2.45, 2.75) is 6.42 Å². The van der Waals surface area contributed by atoms with Crippen LogP contribution >= 0.6 is 23.2 Å². The van der Waals surface area contributed by atoms with Crippen LogP contribution in [0.2, 0.25) is 10.0 Å². The van der Waals surface area contributed by atoms with E-state index in [1.54, 1.807) is 6.07 Å². The molecule has 5 N–H and O–H groups in total. The molecule has 0 aromatic carbocycles. The Balaban J connectivity index is 2.78. The number of halogens is 2. The van der Waals surface area contributed by atoms with Gasteiger partial charge < -0.3 is 15.8 Å². The summed E-state index contributed by atoms with van der Waals surface area (Å²) >= 11 is 11.7. The molecule has 84 valence electrons. The number of aromatic nitrogens is 1. The molecule has 5 nitrogen and oxygen atoms in total. The molecule has 1 aromatic rings. The Morgan fingerprint density at radius 2 is 2.00 bits per heavy atom. The van der Waals surface area contributed by atoms with E-state index >= 15 is 0 Å². The van der Waals surface area contributed by atoms with E-state index in [0.717, 1.165) is 0 Å². The predicted molar refractivity (Wildman–Crippen MR) is 62.3 cm³/mol. The molecule has 0 saturated carbocycles. The highest BCUT2D eigenvalue weighted by molar-refractivity contribution is 6.37. The third-order valence-electron chi connectivity index (χ3n) is 1.69. The van der Waals surface area contributed by atoms with E-state index in [9.17, 15) is 0 Å². The summed E-state index contributed by atoms with van der Waals surface area (Å²) in [6.07, 6.45) is 0.617. The van der Waals surface area contributed by atoms with Crippen molar-refractivity contribution in [2.75, 3.05) is 23.9 Å². The Labute approximate surface area is 97.6 Å². The highest BCUT2D eigenvalue weighted by atomic mass is 35.5. The zero-order valence-corrected chi connectivity index (χ0v) is 9.44. The number of rotatable bonds is 5. The number of aliphatic hydroxyl groups excluding tert-OH is 1. The number of anilines is 2. The molecule has 0 bridgehead atoms. The van der Waals surface area contributed by atoms with E-state index in [-0.39, 0.29) is 6.61 Å². The van der Waals surface area contributed by atoms with Gasteiger partial charge in [0.2, 0.25) is 0 Å². The lowest BCUT2D eigenvalue weighted by Crippen LogP contribution is -2.12. The number of nitrogens with two attached hydrogens (primary N) is 1. The molecule has 0 atom stereocenters. The van der Waals surface area contributed by atoms with Gasteiger partial charge in [0, 0.05) is 13.2 Å². The summed E-state index contributed by atoms with van der Waals surface area (Å²) in [6.45, 7) is 0.690. The molecule has 1 aromatic heterocycles. The van der Waals surface area contributed by atoms with Gasteiger partial charge in [0.25, 0.3) is 0 Å². The number of hydrazine groups is 1. The molecule has 0 amide bonds. The van der Waals surface area contributed by atoms with Gasteiger partial charge in [-0.05, 0) is 12.5 Å². The molecular formula is C8H12Cl2N4O. The van der Waals surface area contributed by atoms with Crippen molar-refractivity contribution in [3.8, 4) is 0 Å². The summed E-state index contributed by atoms with van der Waals surface area (Å²) in [4.78, 5) is 4.07. The quantitative estimate of drug-likeness (QED) is 0.362. The van der Waals surface area contributed by atoms with E-state index in [1.807, 2.05) is 0 Å². The fourth-order valence-corrected chi connectivity index (χ4v) is 1.46. The lowest BCUT2D eigenvalue weighted by Gasteiger charge is -2.09. The Bertz CT molecular complexity index is 335. The smallest absolute Gasteiger partial charge is 0.161 e. The topological polar surface area (TPSA) is 83.2 Å². The van der Waals surface area contributed by atoms with Crippen LogP contribution in [0.3, 0.4) is 0 Å². The van der Waals surface area contributed by atoms with Gasteiger partial charge in [-0.15, -0.1) is 0 Å². The second kappa shape index (κ2) is 5.97. The standard InChI is InChI=1S/C8H12Cl2N4O/c9-5-4-6(10)8(14-11)13-7(5)12-2-1-3-15/h4,15H,1-3,11H2,(H2,12,13,14). The van der Waals surface area contributed by atoms with Crippen LogP contribution < -0.4 is 16.6 Å². The van der Waals surface area contributed by atoms with Gasteiger partial charge in [-0.2, -0.15) is 0 Å². The summed E-state index contributed by atoms with van der Waals surface area (Å²) in [5, 5.41) is 12.3. The average Bonchev–Trinajstić information content (AvgIpc) is 2.21. The zero-order chi connectivity index (χ0) is 11.3. The minimum atomic E-state index is 0.111. The Kier molecular flexibility index (Phi) is 4.90. The predicted octanol–water partition coefficient (Wildman–Crippen LogP) is 1.47. The summed E-state index contributed by atoms with van der Waals surface area (Å²) in [6, 6.07) is 1.55. The molecule has 15 heavy (non-hydrogen) atoms. The van der Waals surface area contributed by atoms with Crippen molar-refractivity contribution in [1.82, 2.24) is 4.98 Å². The Morgan fingerprint density at radius 3 is 2.60 bits per heavy atom. The maximum atomic E-state index is 8.61. The lowest BCUT2D eigenvalue weighted by atomic mass is 10.4. The number of aliphatic hydroxyl groups is 1. The summed E-state index contributed by atoms with van der Waals surface area (Å²) < 4.78 is 0. The average molecular weight is 251 g/mol. The van der Waals surface area contributed by atoms with Crippen molar-refractivity contribution < 1.29 is 5.11 Å². The molecule has 0 aliphatic heterocycles. The molecule has 0 fully saturated rings. The highest BCUT2D eigenvalue weighted by Gasteiger charge is 2.07. The first-order valence-corrected chi connectivity index (χ1v) is 5.12. The molecule has 0 unspecified atom stereocenters. The summed E-state index contributed by atoms with van der Waals surface area (Å²) in [7, 11) is 0. The molecule has 0 spiro atoms. The normalized spacial score (nSPS) is 10.1. The number of hydrogen-bond donors (Lipinski definition) is 4. The molecule has 1 heterocycles. The molecular weight excluding hydrogens is 239 g/mol. The van der Waals surface area contributed by atoms with Crippen LogP contribution in [-0.2, 0) is 0 Å². The number of hydrogen-bond acceptors (Lipinski definition) is 5. The SMILES string of the molecule is NNc1nc(NCCCO)c(Cl)cc1Cl. The maximum absolute atomic E-state index is 8.61. The molecule has 0 aliphatic rings. The van der Waals surface area contributed by atoms with Crippen LogP contribution in [0.1, 0.15) is 6.42 Å². The number of nitrogen functional groups attached to an aromatic ring is 1. The van der Waals surface area contributed by atoms with Crippen LogP contribution in [0.4, 0.5) is 11.6 Å². The zero-order valence-electron chi connectivity index (χ0n) is 7.93. The van der Waals surface area contributed by atoms with E-state index in [4.69, 9.17) is 34.2 Å². The van der Waals surface area contributed by atoms with Gasteiger partial charge in [-0.25, -0.2) is 10.8 Å². The fourth-order valence-electron chi connectivity index (χ4n) is 0.978. The summed E-state index contributed by atoms with van der Waals surface area (Å²) in [5.74, 6) is 6.06. The fraction of sp³-hybridized carbons (Fsp3) is 0.375. The van der Waals surface area contributed by atoms with Gasteiger partial charge in [0.05, 0.1) is 10.0 Å². The van der Waals surface area contributed by atoms with E-state index < -0.39 is 0 Å². The second-order valence-electron chi connectivity index (χ2n) is 2.80. The minimum absolute atomic E-state index is 0.111. The van der Waals surface area contributed by atoms with Crippen LogP contribution in [0.25, 0.3) is 0 Å². The third-order valence-corrected chi connectivity index (χ3v) is 2.27. The van der Waals surface area contributed by atoms with Gasteiger partial charge in [-0.3, -0.25) is 0 Å². The van der Waals surface area contributed by atoms with Crippen molar-refractivity contribution in [2.24, 2.45) is 5.84 Å². The van der Waals surface area contributed by atoms with E-state index in [0.29, 0.717) is 34.6 Å². The number of pyridine rings is 1. The first kappa shape index (κ1) is 12.3. The molecule has 0 aliphatic carbocycles. The van der Waals surface area contributed by atoms with Crippen molar-refractivity contribution in [3.63, 3.8) is 0 Å². The number of nitrogens with one attached hydrogen (secondary N) is 2. The van der Waals surface area contributed by atoms with Gasteiger partial charge >= 0.3 is 0 Å². The van der Waals surface area contributed by atoms with Gasteiger partial charge in [0.1, 0.15) is 5.82 Å². The van der Waals surface area contributed by atoms with Gasteiger partial charge in [-0.1, -0.05) is 23.2 Å². The highest BCUT2D eigenvalue weighted by Crippen LogP contribution is 2.28. The maximum Gasteiger partial charge on any atom is 0.161 e. The minimum Gasteiger partial charge on any atom is -0.396 e. The lowest BCUT2D eigenvalue weighted by molar-refractivity contribution is 0.292. The molecule has 1 rings (SSSR count). The Hall–Kier alpha value is -0.750. The molecule has 0 saturated heterocycles. The third kappa shape index (κ3) is 3.39. The Morgan fingerprint density at radius 1 is 1.33 bits per heavy atom. The van der Waals surface area contributed by atoms with E-state index in [2.05, 4.69) is 15.7 Å². The van der Waals surface area contributed by atoms with Crippen molar-refractivity contribution >= 4 is 34.8 Å². The van der Waals surface area contributed by atoms with Crippen LogP contribution in [0, 0.1) is 0 Å². The second-order valence-corrected chi connectivity index (χ2v) is 3.61. The van der Waals surface area contributed by atoms with E-state index in [1.165, 1.54) is 0 Å². The summed E-state index contributed by atoms with van der Waals surface area (Å²) in [5.41, 5.74) is 2.36. The van der Waals surface area contributed by atoms with Crippen LogP contribution in [0.5, 0.6) is 0 Å². The molecule has 7 heteroatoms. The van der Waals surface area contributed by atoms with Crippen molar-refractivity contribution in [1.29, 1.82) is 0 Å². The van der Waals surface area contributed by atoms with Crippen molar-refractivity contribution in [3.05, 3.63) is 16.1 Å². The largest absolute Gasteiger partial charge is 0.396 e. The van der Waals surface area contributed by atoms with Gasteiger partial charge in [0.15, 0.2) is 5.82 Å². The monoisotopic (exact) mass is 250 g/mol. The van der Waals surface area contributed by atoms with Crippen LogP contribution in [0.15, 0.2) is 6.07 Å².